The van der Waals surface area contributed by atoms with Crippen LogP contribution in [0.1, 0.15) is 24.1 Å². The van der Waals surface area contributed by atoms with Crippen LogP contribution in [0, 0.1) is 5.41 Å². The summed E-state index contributed by atoms with van der Waals surface area (Å²) < 4.78 is 5.55. The van der Waals surface area contributed by atoms with Gasteiger partial charge in [0.2, 0.25) is 0 Å². The molecule has 2 rings (SSSR count). The highest BCUT2D eigenvalue weighted by Crippen LogP contribution is 2.52. The number of carbonyl (C=O) groups is 1. The number of thioether (sulfide) groups is 1. The first-order valence-electron chi connectivity index (χ1n) is 5.54. The number of thiazole rings is 1. The summed E-state index contributed by atoms with van der Waals surface area (Å²) in [5.41, 5.74) is 0.0787. The third-order valence-electron chi connectivity index (χ3n) is 2.98. The van der Waals surface area contributed by atoms with Crippen LogP contribution in [-0.2, 0) is 16.1 Å². The molecule has 1 aromatic heterocycles. The summed E-state index contributed by atoms with van der Waals surface area (Å²) in [6.07, 6.45) is 2.59. The lowest BCUT2D eigenvalue weighted by Gasteiger charge is -2.11. The number of aromatic nitrogens is 1. The van der Waals surface area contributed by atoms with Gasteiger partial charge >= 0.3 is 5.97 Å². The van der Waals surface area contributed by atoms with Crippen molar-refractivity contribution < 1.29 is 14.6 Å². The number of aliphatic hydroxyl groups excluding tert-OH is 1. The molecule has 1 heterocycles. The molecule has 1 aliphatic carbocycles. The van der Waals surface area contributed by atoms with E-state index in [1.54, 1.807) is 11.8 Å². The van der Waals surface area contributed by atoms with Crippen LogP contribution in [0.25, 0.3) is 0 Å². The summed E-state index contributed by atoms with van der Waals surface area (Å²) in [6, 6.07) is 0. The molecule has 0 radical (unpaired) electrons. The van der Waals surface area contributed by atoms with E-state index in [0.717, 1.165) is 22.9 Å². The minimum atomic E-state index is -0.152. The van der Waals surface area contributed by atoms with Crippen molar-refractivity contribution in [2.75, 3.05) is 12.9 Å². The predicted molar refractivity (Wildman–Crippen MR) is 72.1 cm³/mol. The van der Waals surface area contributed by atoms with Crippen molar-refractivity contribution in [3.8, 4) is 0 Å². The fraction of sp³-hybridized carbons (Fsp3) is 0.636. The molecular weight excluding hydrogens is 294 g/mol. The van der Waals surface area contributed by atoms with Crippen LogP contribution in [0.3, 0.4) is 0 Å². The maximum absolute atomic E-state index is 11.3. The van der Waals surface area contributed by atoms with Crippen molar-refractivity contribution >= 4 is 40.7 Å². The number of nitrogens with zero attached hydrogens (tertiary/aromatic N) is 1. The Balaban J connectivity index is 1.89. The third kappa shape index (κ3) is 3.38. The second-order valence-corrected chi connectivity index (χ2v) is 7.06. The van der Waals surface area contributed by atoms with Crippen LogP contribution in [0.2, 0.25) is 5.15 Å². The van der Waals surface area contributed by atoms with E-state index in [4.69, 9.17) is 21.4 Å². The van der Waals surface area contributed by atoms with Gasteiger partial charge in [-0.2, -0.15) is 0 Å². The van der Waals surface area contributed by atoms with Crippen LogP contribution in [0.5, 0.6) is 0 Å². The van der Waals surface area contributed by atoms with Crippen molar-refractivity contribution in [3.05, 3.63) is 10.0 Å². The molecule has 0 bridgehead atoms. The Bertz CT molecular complexity index is 445. The normalized spacial score (nSPS) is 16.6. The number of hydrogen-bond donors (Lipinski definition) is 1. The number of hydrogen-bond acceptors (Lipinski definition) is 6. The molecule has 0 amide bonds. The molecule has 0 spiro atoms. The molecule has 0 saturated heterocycles. The number of halogens is 1. The highest BCUT2D eigenvalue weighted by Gasteiger charge is 2.44. The average Bonchev–Trinajstić information content (AvgIpc) is 3.02. The van der Waals surface area contributed by atoms with E-state index >= 15 is 0 Å². The molecule has 0 unspecified atom stereocenters. The smallest absolute Gasteiger partial charge is 0.306 e. The van der Waals surface area contributed by atoms with E-state index in [1.165, 1.54) is 18.4 Å². The van der Waals surface area contributed by atoms with Crippen LogP contribution < -0.4 is 0 Å². The molecule has 0 atom stereocenters. The maximum atomic E-state index is 11.3. The van der Waals surface area contributed by atoms with Crippen LogP contribution in [0.15, 0.2) is 4.34 Å². The summed E-state index contributed by atoms with van der Waals surface area (Å²) in [4.78, 5) is 16.2. The summed E-state index contributed by atoms with van der Waals surface area (Å²) >= 11 is 8.87. The average molecular weight is 308 g/mol. The molecule has 1 aliphatic rings. The molecule has 1 aromatic rings. The topological polar surface area (TPSA) is 59.4 Å². The molecular formula is C11H14ClNO3S2. The summed E-state index contributed by atoms with van der Waals surface area (Å²) in [6.45, 7) is -0.0790. The van der Waals surface area contributed by atoms with Gasteiger partial charge in [-0.15, -0.1) is 11.3 Å². The maximum Gasteiger partial charge on any atom is 0.306 e. The zero-order valence-electron chi connectivity index (χ0n) is 9.94. The predicted octanol–water partition coefficient (Wildman–Crippen LogP) is 2.72. The lowest BCUT2D eigenvalue weighted by atomic mass is 10.1. The Kier molecular flexibility index (Phi) is 4.53. The number of ether oxygens (including phenoxy) is 1. The van der Waals surface area contributed by atoms with Crippen molar-refractivity contribution in [3.63, 3.8) is 0 Å². The van der Waals surface area contributed by atoms with Crippen molar-refractivity contribution in [2.24, 2.45) is 5.41 Å². The van der Waals surface area contributed by atoms with E-state index in [9.17, 15) is 4.79 Å². The van der Waals surface area contributed by atoms with E-state index in [-0.39, 0.29) is 18.0 Å². The fourth-order valence-corrected chi connectivity index (χ4v) is 4.21. The minimum absolute atomic E-state index is 0.0787. The number of carbonyl (C=O) groups excluding carboxylic acids is 1. The third-order valence-corrected chi connectivity index (χ3v) is 5.94. The van der Waals surface area contributed by atoms with Gasteiger partial charge in [0.15, 0.2) is 4.34 Å². The summed E-state index contributed by atoms with van der Waals surface area (Å²) in [5, 5.41) is 9.42. The number of rotatable bonds is 6. The Morgan fingerprint density at radius 2 is 2.39 bits per heavy atom. The number of methoxy groups -OCH3 is 1. The van der Waals surface area contributed by atoms with Gasteiger partial charge in [-0.25, -0.2) is 4.98 Å². The highest BCUT2D eigenvalue weighted by atomic mass is 35.5. The molecule has 7 heteroatoms. The van der Waals surface area contributed by atoms with Gasteiger partial charge in [0, 0.05) is 5.75 Å². The van der Waals surface area contributed by atoms with E-state index < -0.39 is 0 Å². The van der Waals surface area contributed by atoms with Crippen LogP contribution in [0.4, 0.5) is 0 Å². The Labute approximate surface area is 119 Å². The van der Waals surface area contributed by atoms with Gasteiger partial charge < -0.3 is 9.84 Å². The lowest BCUT2D eigenvalue weighted by molar-refractivity contribution is -0.141. The molecule has 100 valence electrons. The van der Waals surface area contributed by atoms with Crippen molar-refractivity contribution in [2.45, 2.75) is 30.2 Å². The summed E-state index contributed by atoms with van der Waals surface area (Å²) in [7, 11) is 1.42. The first kappa shape index (κ1) is 14.1. The molecule has 4 nitrogen and oxygen atoms in total. The van der Waals surface area contributed by atoms with Crippen LogP contribution in [-0.4, -0.2) is 28.9 Å². The molecule has 1 fully saturated rings. The van der Waals surface area contributed by atoms with Crippen LogP contribution >= 0.6 is 34.7 Å². The first-order chi connectivity index (χ1) is 8.58. The zero-order chi connectivity index (χ0) is 13.2. The second kappa shape index (κ2) is 5.77. The van der Waals surface area contributed by atoms with Crippen molar-refractivity contribution in [1.29, 1.82) is 0 Å². The number of esters is 1. The van der Waals surface area contributed by atoms with Gasteiger partial charge in [-0.05, 0) is 18.3 Å². The Morgan fingerprint density at radius 1 is 1.67 bits per heavy atom. The van der Waals surface area contributed by atoms with Gasteiger partial charge in [-0.1, -0.05) is 23.4 Å². The van der Waals surface area contributed by atoms with Gasteiger partial charge in [0.25, 0.3) is 0 Å². The molecule has 1 N–H and O–H groups in total. The van der Waals surface area contributed by atoms with E-state index in [1.807, 2.05) is 0 Å². The molecule has 1 saturated carbocycles. The largest absolute Gasteiger partial charge is 0.469 e. The Morgan fingerprint density at radius 3 is 2.89 bits per heavy atom. The minimum Gasteiger partial charge on any atom is -0.469 e. The second-order valence-electron chi connectivity index (χ2n) is 4.39. The summed E-state index contributed by atoms with van der Waals surface area (Å²) in [5.74, 6) is 0.693. The molecule has 0 aromatic carbocycles. The lowest BCUT2D eigenvalue weighted by Crippen LogP contribution is -2.12. The molecule has 0 aliphatic heterocycles. The fourth-order valence-electron chi connectivity index (χ4n) is 1.61. The van der Waals surface area contributed by atoms with Crippen molar-refractivity contribution in [1.82, 2.24) is 4.98 Å². The van der Waals surface area contributed by atoms with Gasteiger partial charge in [-0.3, -0.25) is 4.79 Å². The van der Waals surface area contributed by atoms with E-state index in [0.29, 0.717) is 16.5 Å². The molecule has 18 heavy (non-hydrogen) atoms. The van der Waals surface area contributed by atoms with Gasteiger partial charge in [0.05, 0.1) is 25.0 Å². The van der Waals surface area contributed by atoms with E-state index in [2.05, 4.69) is 4.98 Å². The standard InChI is InChI=1S/C11H14ClNO3S2/c1-16-8(15)4-11(2-3-11)6-17-10-13-9(12)7(5-14)18-10/h14H,2-6H2,1H3. The zero-order valence-corrected chi connectivity index (χ0v) is 12.3. The first-order valence-corrected chi connectivity index (χ1v) is 7.72. The SMILES string of the molecule is COC(=O)CC1(CSc2nc(Cl)c(CO)s2)CC1. The van der Waals surface area contributed by atoms with Gasteiger partial charge in [0.1, 0.15) is 5.15 Å². The quantitative estimate of drug-likeness (QED) is 0.647. The monoisotopic (exact) mass is 307 g/mol. The number of aliphatic hydroxyl groups is 1. The Hall–Kier alpha value is -0.300. The highest BCUT2D eigenvalue weighted by molar-refractivity contribution is 8.01.